The second kappa shape index (κ2) is 12.4. The van der Waals surface area contributed by atoms with E-state index >= 15 is 0 Å². The highest BCUT2D eigenvalue weighted by Crippen LogP contribution is 2.33. The Bertz CT molecular complexity index is 1320. The van der Waals surface area contributed by atoms with E-state index in [2.05, 4.69) is 15.5 Å². The monoisotopic (exact) mass is 544 g/mol. The van der Waals surface area contributed by atoms with Gasteiger partial charge in [0.15, 0.2) is 11.0 Å². The van der Waals surface area contributed by atoms with Gasteiger partial charge < -0.3 is 10.1 Å². The molecule has 1 amide bonds. The molecule has 0 radical (unpaired) electrons. The first-order chi connectivity index (χ1) is 17.4. The zero-order valence-electron chi connectivity index (χ0n) is 19.3. The largest absolute Gasteiger partial charge is 0.375 e. The minimum atomic E-state index is -0.519. The quantitative estimate of drug-likeness (QED) is 0.246. The van der Waals surface area contributed by atoms with Crippen molar-refractivity contribution in [1.29, 1.82) is 0 Å². The molecule has 10 heteroatoms. The predicted octanol–water partition coefficient (Wildman–Crippen LogP) is 6.05. The third-order valence-electron chi connectivity index (χ3n) is 5.30. The van der Waals surface area contributed by atoms with Gasteiger partial charge in [-0.15, -0.1) is 10.2 Å². The summed E-state index contributed by atoms with van der Waals surface area (Å²) in [5.41, 5.74) is 2.56. The van der Waals surface area contributed by atoms with Gasteiger partial charge in [-0.2, -0.15) is 0 Å². The molecule has 0 fully saturated rings. The van der Waals surface area contributed by atoms with E-state index in [0.29, 0.717) is 38.9 Å². The highest BCUT2D eigenvalue weighted by molar-refractivity contribution is 7.98. The van der Waals surface area contributed by atoms with Crippen LogP contribution in [0.15, 0.2) is 78.0 Å². The van der Waals surface area contributed by atoms with Crippen molar-refractivity contribution in [1.82, 2.24) is 20.1 Å². The van der Waals surface area contributed by atoms with Crippen molar-refractivity contribution < 1.29 is 13.9 Å². The molecule has 186 valence electrons. The fourth-order valence-electron chi connectivity index (χ4n) is 3.64. The van der Waals surface area contributed by atoms with E-state index in [9.17, 15) is 9.18 Å². The predicted molar refractivity (Wildman–Crippen MR) is 140 cm³/mol. The number of methoxy groups -OCH3 is 1. The molecule has 0 aliphatic carbocycles. The van der Waals surface area contributed by atoms with Gasteiger partial charge in [0, 0.05) is 17.9 Å². The maximum atomic E-state index is 13.3. The van der Waals surface area contributed by atoms with Gasteiger partial charge in [-0.3, -0.25) is 9.36 Å². The molecule has 0 saturated carbocycles. The van der Waals surface area contributed by atoms with Crippen LogP contribution in [0.4, 0.5) is 4.39 Å². The van der Waals surface area contributed by atoms with E-state index in [1.54, 1.807) is 30.3 Å². The molecule has 0 bridgehead atoms. The molecule has 36 heavy (non-hydrogen) atoms. The fraction of sp³-hybridized carbons (Fsp3) is 0.192. The normalized spacial score (nSPS) is 11.9. The average Bonchev–Trinajstić information content (AvgIpc) is 3.28. The van der Waals surface area contributed by atoms with Crippen LogP contribution in [0.1, 0.15) is 23.0 Å². The van der Waals surface area contributed by atoms with Gasteiger partial charge in [0.2, 0.25) is 5.91 Å². The zero-order chi connectivity index (χ0) is 25.5. The van der Waals surface area contributed by atoms with E-state index in [4.69, 9.17) is 27.9 Å². The maximum absolute atomic E-state index is 13.3. The minimum Gasteiger partial charge on any atom is -0.375 e. The van der Waals surface area contributed by atoms with Crippen molar-refractivity contribution in [2.24, 2.45) is 0 Å². The number of halogens is 3. The van der Waals surface area contributed by atoms with Gasteiger partial charge in [0.1, 0.15) is 12.4 Å². The number of nitrogens with one attached hydrogen (secondary N) is 1. The highest BCUT2D eigenvalue weighted by atomic mass is 35.5. The molecule has 6 nitrogen and oxygen atoms in total. The Balaban J connectivity index is 1.75. The topological polar surface area (TPSA) is 69.0 Å². The summed E-state index contributed by atoms with van der Waals surface area (Å²) < 4.78 is 20.2. The Morgan fingerprint density at radius 1 is 1.06 bits per heavy atom. The summed E-state index contributed by atoms with van der Waals surface area (Å²) in [5, 5.41) is 13.4. The second-order valence-electron chi connectivity index (χ2n) is 7.93. The third kappa shape index (κ3) is 6.64. The lowest BCUT2D eigenvalue weighted by molar-refractivity contribution is -0.125. The lowest BCUT2D eigenvalue weighted by Gasteiger charge is -2.20. The molecule has 1 atom stereocenters. The van der Waals surface area contributed by atoms with Gasteiger partial charge in [-0.25, -0.2) is 4.39 Å². The van der Waals surface area contributed by atoms with Crippen LogP contribution in [0.5, 0.6) is 0 Å². The zero-order valence-corrected chi connectivity index (χ0v) is 21.7. The summed E-state index contributed by atoms with van der Waals surface area (Å²) in [6, 6.07) is 20.7. The van der Waals surface area contributed by atoms with E-state index in [1.165, 1.54) is 31.0 Å². The maximum Gasteiger partial charge on any atom is 0.246 e. The number of aromatic nitrogens is 3. The van der Waals surface area contributed by atoms with Crippen LogP contribution in [0.3, 0.4) is 0 Å². The highest BCUT2D eigenvalue weighted by Gasteiger charge is 2.26. The molecule has 1 aromatic heterocycles. The van der Waals surface area contributed by atoms with Crippen LogP contribution < -0.4 is 5.32 Å². The minimum absolute atomic E-state index is 0.0900. The van der Waals surface area contributed by atoms with Crippen molar-refractivity contribution in [3.05, 3.63) is 106 Å². The van der Waals surface area contributed by atoms with Crippen LogP contribution in [-0.4, -0.2) is 34.4 Å². The smallest absolute Gasteiger partial charge is 0.246 e. The molecule has 1 unspecified atom stereocenters. The molecular formula is C26H23Cl2FN4O2S. The van der Waals surface area contributed by atoms with Crippen molar-refractivity contribution in [2.75, 3.05) is 13.7 Å². The standard InChI is InChI=1S/C26H23Cl2FN4O2S/c1-35-15-24(34)30-22(13-17-5-3-2-4-6-17)25-31-32-26(36-16-18-7-10-20(29)11-8-18)33(25)23-12-9-19(27)14-21(23)28/h2-12,14,22H,13,15-16H2,1H3,(H,30,34). The van der Waals surface area contributed by atoms with E-state index in [1.807, 2.05) is 34.9 Å². The summed E-state index contributed by atoms with van der Waals surface area (Å²) in [7, 11) is 1.46. The number of ether oxygens (including phenoxy) is 1. The summed E-state index contributed by atoms with van der Waals surface area (Å²) >= 11 is 14.2. The number of benzene rings is 3. The first kappa shape index (κ1) is 26.2. The second-order valence-corrected chi connectivity index (χ2v) is 9.72. The van der Waals surface area contributed by atoms with Gasteiger partial charge in [0.25, 0.3) is 0 Å². The van der Waals surface area contributed by atoms with Gasteiger partial charge in [-0.1, -0.05) is 77.4 Å². The average molecular weight is 545 g/mol. The van der Waals surface area contributed by atoms with E-state index < -0.39 is 6.04 Å². The van der Waals surface area contributed by atoms with E-state index in [0.717, 1.165) is 11.1 Å². The van der Waals surface area contributed by atoms with Crippen molar-refractivity contribution in [2.45, 2.75) is 23.4 Å². The summed E-state index contributed by atoms with van der Waals surface area (Å²) in [4.78, 5) is 12.5. The number of thioether (sulfide) groups is 1. The SMILES string of the molecule is COCC(=O)NC(Cc1ccccc1)c1nnc(SCc2ccc(F)cc2)n1-c1ccc(Cl)cc1Cl. The van der Waals surface area contributed by atoms with Gasteiger partial charge in [-0.05, 0) is 47.9 Å². The number of hydrogen-bond donors (Lipinski definition) is 1. The van der Waals surface area contributed by atoms with Crippen LogP contribution in [0.25, 0.3) is 5.69 Å². The first-order valence-corrected chi connectivity index (χ1v) is 12.8. The molecule has 0 aliphatic rings. The number of carbonyl (C=O) groups is 1. The van der Waals surface area contributed by atoms with E-state index in [-0.39, 0.29) is 18.3 Å². The van der Waals surface area contributed by atoms with Crippen LogP contribution in [-0.2, 0) is 21.7 Å². The Morgan fingerprint density at radius 3 is 2.50 bits per heavy atom. The molecule has 4 rings (SSSR count). The Kier molecular flexibility index (Phi) is 8.98. The van der Waals surface area contributed by atoms with Crippen molar-refractivity contribution >= 4 is 40.9 Å². The number of nitrogens with zero attached hydrogens (tertiary/aromatic N) is 3. The third-order valence-corrected chi connectivity index (χ3v) is 6.83. The Morgan fingerprint density at radius 2 is 1.81 bits per heavy atom. The van der Waals surface area contributed by atoms with Crippen LogP contribution >= 0.6 is 35.0 Å². The first-order valence-electron chi connectivity index (χ1n) is 11.0. The van der Waals surface area contributed by atoms with Crippen molar-refractivity contribution in [3.8, 4) is 5.69 Å². The van der Waals surface area contributed by atoms with Gasteiger partial charge in [0.05, 0.1) is 16.8 Å². The fourth-order valence-corrected chi connectivity index (χ4v) is 5.04. The Labute approximate surface area is 222 Å². The molecule has 0 saturated heterocycles. The number of carbonyl (C=O) groups excluding carboxylic acids is 1. The molecule has 3 aromatic carbocycles. The lowest BCUT2D eigenvalue weighted by atomic mass is 10.0. The van der Waals surface area contributed by atoms with Crippen molar-refractivity contribution in [3.63, 3.8) is 0 Å². The number of hydrogen-bond acceptors (Lipinski definition) is 5. The molecule has 0 aliphatic heterocycles. The number of amides is 1. The van der Waals surface area contributed by atoms with Gasteiger partial charge >= 0.3 is 0 Å². The number of rotatable bonds is 10. The van der Waals surface area contributed by atoms with Crippen LogP contribution in [0, 0.1) is 5.82 Å². The summed E-state index contributed by atoms with van der Waals surface area (Å²) in [6.07, 6.45) is 0.474. The lowest BCUT2D eigenvalue weighted by Crippen LogP contribution is -2.34. The molecule has 1 heterocycles. The Hall–Kier alpha value is -2.91. The molecule has 4 aromatic rings. The summed E-state index contributed by atoms with van der Waals surface area (Å²) in [5.74, 6) is 0.464. The van der Waals surface area contributed by atoms with Crippen LogP contribution in [0.2, 0.25) is 10.0 Å². The molecule has 1 N–H and O–H groups in total. The molecular weight excluding hydrogens is 522 g/mol. The summed E-state index contributed by atoms with van der Waals surface area (Å²) in [6.45, 7) is -0.0900. The molecule has 0 spiro atoms.